The first-order chi connectivity index (χ1) is 14.7. The molecule has 1 N–H and O–H groups in total. The van der Waals surface area contributed by atoms with E-state index in [-0.39, 0.29) is 36.5 Å². The van der Waals surface area contributed by atoms with Crippen LogP contribution in [-0.2, 0) is 20.8 Å². The van der Waals surface area contributed by atoms with Crippen LogP contribution in [0, 0.1) is 17.2 Å². The van der Waals surface area contributed by atoms with Crippen molar-refractivity contribution in [2.24, 2.45) is 11.3 Å². The Bertz CT molecular complexity index is 800. The zero-order valence-corrected chi connectivity index (χ0v) is 18.5. The summed E-state index contributed by atoms with van der Waals surface area (Å²) in [7, 11) is 0. The van der Waals surface area contributed by atoms with Crippen molar-refractivity contribution in [3.05, 3.63) is 35.6 Å². The quantitative estimate of drug-likeness (QED) is 0.682. The number of nitrogens with zero attached hydrogens (tertiary/aromatic N) is 2. The predicted molar refractivity (Wildman–Crippen MR) is 115 cm³/mol. The van der Waals surface area contributed by atoms with Crippen molar-refractivity contribution in [3.8, 4) is 0 Å². The Hall–Kier alpha value is -2.44. The van der Waals surface area contributed by atoms with E-state index in [1.807, 2.05) is 4.90 Å². The molecule has 0 aromatic heterocycles. The highest BCUT2D eigenvalue weighted by atomic mass is 19.1. The average Bonchev–Trinajstić information content (AvgIpc) is 2.95. The molecule has 0 radical (unpaired) electrons. The summed E-state index contributed by atoms with van der Waals surface area (Å²) in [5, 5.41) is 8.75. The van der Waals surface area contributed by atoms with Crippen LogP contribution in [0.5, 0.6) is 0 Å². The molecule has 170 valence electrons. The molecule has 0 aliphatic carbocycles. The molecule has 2 aliphatic heterocycles. The van der Waals surface area contributed by atoms with Crippen LogP contribution in [0.25, 0.3) is 0 Å². The number of carboxylic acid groups (broad SMARTS) is 1. The lowest BCUT2D eigenvalue weighted by Gasteiger charge is -2.38. The normalized spacial score (nSPS) is 20.6. The van der Waals surface area contributed by atoms with Crippen molar-refractivity contribution in [1.29, 1.82) is 0 Å². The molecule has 3 rings (SSSR count). The number of piperidine rings is 1. The fraction of sp³-hybridized carbons (Fsp3) is 0.625. The first-order valence-electron chi connectivity index (χ1n) is 11.3. The molecule has 6 nitrogen and oxygen atoms in total. The lowest BCUT2D eigenvalue weighted by molar-refractivity contribution is -0.143. The minimum Gasteiger partial charge on any atom is -0.481 e. The van der Waals surface area contributed by atoms with E-state index in [0.29, 0.717) is 51.2 Å². The van der Waals surface area contributed by atoms with Crippen LogP contribution in [0.15, 0.2) is 24.3 Å². The van der Waals surface area contributed by atoms with Crippen LogP contribution >= 0.6 is 0 Å². The van der Waals surface area contributed by atoms with Gasteiger partial charge in [0.15, 0.2) is 0 Å². The van der Waals surface area contributed by atoms with Crippen molar-refractivity contribution in [3.63, 3.8) is 0 Å². The number of carboxylic acids is 1. The third kappa shape index (κ3) is 5.63. The number of aliphatic carboxylic acids is 1. The Balaban J connectivity index is 1.65. The number of hydrogen-bond acceptors (Lipinski definition) is 3. The first-order valence-corrected chi connectivity index (χ1v) is 11.3. The number of hydrogen-bond donors (Lipinski definition) is 1. The van der Waals surface area contributed by atoms with E-state index in [1.165, 1.54) is 12.1 Å². The van der Waals surface area contributed by atoms with Crippen molar-refractivity contribution in [2.75, 3.05) is 19.6 Å². The van der Waals surface area contributed by atoms with E-state index in [0.717, 1.165) is 12.0 Å². The van der Waals surface area contributed by atoms with Gasteiger partial charge in [0.1, 0.15) is 5.82 Å². The first kappa shape index (κ1) is 23.2. The summed E-state index contributed by atoms with van der Waals surface area (Å²) >= 11 is 0. The molecule has 2 amide bonds. The number of benzene rings is 1. The molecule has 2 heterocycles. The Morgan fingerprint density at radius 2 is 1.81 bits per heavy atom. The molecule has 1 aromatic carbocycles. The lowest BCUT2D eigenvalue weighted by atomic mass is 9.75. The summed E-state index contributed by atoms with van der Waals surface area (Å²) < 4.78 is 13.3. The van der Waals surface area contributed by atoms with Crippen LogP contribution in [0.3, 0.4) is 0 Å². The lowest BCUT2D eigenvalue weighted by Crippen LogP contribution is -2.47. The number of amides is 2. The number of carbonyl (C=O) groups is 3. The highest BCUT2D eigenvalue weighted by Gasteiger charge is 2.52. The zero-order chi connectivity index (χ0) is 22.6. The Morgan fingerprint density at radius 1 is 1.16 bits per heavy atom. The van der Waals surface area contributed by atoms with Gasteiger partial charge in [-0.05, 0) is 55.7 Å². The van der Waals surface area contributed by atoms with E-state index in [1.54, 1.807) is 17.0 Å². The molecule has 0 bridgehead atoms. The molecule has 1 spiro atoms. The van der Waals surface area contributed by atoms with Crippen molar-refractivity contribution < 1.29 is 23.9 Å². The molecule has 1 aromatic rings. The van der Waals surface area contributed by atoms with Crippen LogP contribution in [0.4, 0.5) is 4.39 Å². The Kier molecular flexibility index (Phi) is 7.34. The Labute approximate surface area is 183 Å². The minimum atomic E-state index is -0.889. The molecule has 7 heteroatoms. The predicted octanol–water partition coefficient (Wildman–Crippen LogP) is 3.49. The van der Waals surface area contributed by atoms with Gasteiger partial charge < -0.3 is 14.9 Å². The maximum Gasteiger partial charge on any atom is 0.303 e. The van der Waals surface area contributed by atoms with Gasteiger partial charge in [0.25, 0.3) is 0 Å². The molecule has 2 fully saturated rings. The number of likely N-dealkylation sites (tertiary alicyclic amines) is 2. The number of rotatable bonds is 8. The summed E-state index contributed by atoms with van der Waals surface area (Å²) in [6.07, 6.45) is 3.33. The summed E-state index contributed by atoms with van der Waals surface area (Å²) in [5.74, 6) is -0.637. The summed E-state index contributed by atoms with van der Waals surface area (Å²) in [5.41, 5.74) is 0.591. The average molecular weight is 433 g/mol. The summed E-state index contributed by atoms with van der Waals surface area (Å²) in [6.45, 7) is 5.98. The maximum absolute atomic E-state index is 13.5. The molecule has 2 aliphatic rings. The number of carbonyl (C=O) groups excluding carboxylic acids is 2. The van der Waals surface area contributed by atoms with Crippen LogP contribution < -0.4 is 0 Å². The summed E-state index contributed by atoms with van der Waals surface area (Å²) in [6, 6.07) is 6.58. The SMILES string of the molecule is CC(C)CN1C(=O)C2(CCN(C(=O)CCCC(=O)O)CC2)C[C@@H]1Cc1ccc(F)cc1. The monoisotopic (exact) mass is 432 g/mol. The molecule has 2 saturated heterocycles. The summed E-state index contributed by atoms with van der Waals surface area (Å²) in [4.78, 5) is 40.4. The molecule has 31 heavy (non-hydrogen) atoms. The second-order valence-electron chi connectivity index (χ2n) is 9.45. The van der Waals surface area contributed by atoms with Crippen LogP contribution in [0.1, 0.15) is 57.9 Å². The van der Waals surface area contributed by atoms with Gasteiger partial charge in [0, 0.05) is 38.5 Å². The topological polar surface area (TPSA) is 77.9 Å². The molecule has 0 saturated carbocycles. The van der Waals surface area contributed by atoms with Crippen molar-refractivity contribution in [2.45, 2.75) is 64.8 Å². The van der Waals surface area contributed by atoms with E-state index in [4.69, 9.17) is 5.11 Å². The maximum atomic E-state index is 13.5. The van der Waals surface area contributed by atoms with E-state index >= 15 is 0 Å². The van der Waals surface area contributed by atoms with E-state index in [9.17, 15) is 18.8 Å². The van der Waals surface area contributed by atoms with Gasteiger partial charge in [-0.25, -0.2) is 4.39 Å². The van der Waals surface area contributed by atoms with Gasteiger partial charge in [0.2, 0.25) is 11.8 Å². The minimum absolute atomic E-state index is 0.00275. The van der Waals surface area contributed by atoms with Crippen LogP contribution in [-0.4, -0.2) is 58.4 Å². The second kappa shape index (κ2) is 9.79. The van der Waals surface area contributed by atoms with Crippen molar-refractivity contribution >= 4 is 17.8 Å². The van der Waals surface area contributed by atoms with Gasteiger partial charge >= 0.3 is 5.97 Å². The highest BCUT2D eigenvalue weighted by Crippen LogP contribution is 2.45. The van der Waals surface area contributed by atoms with Gasteiger partial charge in [-0.1, -0.05) is 26.0 Å². The van der Waals surface area contributed by atoms with E-state index < -0.39 is 11.4 Å². The van der Waals surface area contributed by atoms with Gasteiger partial charge in [-0.2, -0.15) is 0 Å². The van der Waals surface area contributed by atoms with Crippen molar-refractivity contribution in [1.82, 2.24) is 9.80 Å². The highest BCUT2D eigenvalue weighted by molar-refractivity contribution is 5.86. The molecular weight excluding hydrogens is 399 g/mol. The van der Waals surface area contributed by atoms with Crippen LogP contribution in [0.2, 0.25) is 0 Å². The van der Waals surface area contributed by atoms with Gasteiger partial charge in [-0.15, -0.1) is 0 Å². The third-order valence-electron chi connectivity index (χ3n) is 6.58. The zero-order valence-electron chi connectivity index (χ0n) is 18.5. The third-order valence-corrected chi connectivity index (χ3v) is 6.58. The fourth-order valence-electron chi connectivity index (χ4n) is 4.97. The van der Waals surface area contributed by atoms with E-state index in [2.05, 4.69) is 13.8 Å². The Morgan fingerprint density at radius 3 is 2.39 bits per heavy atom. The van der Waals surface area contributed by atoms with Gasteiger partial charge in [-0.3, -0.25) is 14.4 Å². The molecule has 1 atom stereocenters. The number of halogens is 1. The standard InChI is InChI=1S/C24H33FN2O4/c1-17(2)16-27-20(14-18-6-8-19(25)9-7-18)15-24(23(27)31)10-12-26(13-11-24)21(28)4-3-5-22(29)30/h6-9,17,20H,3-5,10-16H2,1-2H3,(H,29,30)/t20-/m0/s1. The largest absolute Gasteiger partial charge is 0.481 e. The second-order valence-corrected chi connectivity index (χ2v) is 9.45. The molecular formula is C24H33FN2O4. The fourth-order valence-corrected chi connectivity index (χ4v) is 4.97. The smallest absolute Gasteiger partial charge is 0.303 e. The molecule has 0 unspecified atom stereocenters. The van der Waals surface area contributed by atoms with Gasteiger partial charge in [0.05, 0.1) is 5.41 Å².